The van der Waals surface area contributed by atoms with Crippen LogP contribution >= 0.6 is 0 Å². The van der Waals surface area contributed by atoms with E-state index in [4.69, 9.17) is 0 Å². The highest BCUT2D eigenvalue weighted by molar-refractivity contribution is 5.01. The van der Waals surface area contributed by atoms with Gasteiger partial charge in [-0.2, -0.15) is 0 Å². The molecule has 0 saturated heterocycles. The van der Waals surface area contributed by atoms with Gasteiger partial charge >= 0.3 is 0 Å². The highest BCUT2D eigenvalue weighted by Crippen LogP contribution is 2.13. The van der Waals surface area contributed by atoms with Gasteiger partial charge in [0.1, 0.15) is 0 Å². The summed E-state index contributed by atoms with van der Waals surface area (Å²) in [7, 11) is 1.99. The Morgan fingerprint density at radius 2 is 1.73 bits per heavy atom. The molecule has 0 aliphatic carbocycles. The predicted octanol–water partition coefficient (Wildman–Crippen LogP) is 1.89. The van der Waals surface area contributed by atoms with Crippen LogP contribution < -0.4 is 5.32 Å². The molecule has 0 fully saturated rings. The van der Waals surface area contributed by atoms with Crippen molar-refractivity contribution in [1.82, 2.24) is 5.32 Å². The molecule has 11 heavy (non-hydrogen) atoms. The summed E-state index contributed by atoms with van der Waals surface area (Å²) in [4.78, 5) is 0. The molecule has 1 N–H and O–H groups in total. The van der Waals surface area contributed by atoms with E-state index < -0.39 is 0 Å². The Morgan fingerprint density at radius 3 is 2.09 bits per heavy atom. The van der Waals surface area contributed by atoms with Crippen LogP contribution in [0.3, 0.4) is 0 Å². The van der Waals surface area contributed by atoms with Gasteiger partial charge in [0, 0.05) is 12.0 Å². The molecular weight excluding hydrogens is 134 g/mol. The minimum Gasteiger partial charge on any atom is -0.317 e. The molecular formula is C10H19N. The second kappa shape index (κ2) is 5.21. The molecule has 0 saturated carbocycles. The normalized spacial score (nSPS) is 17.9. The van der Waals surface area contributed by atoms with Gasteiger partial charge in [0.05, 0.1) is 0 Å². The third-order valence-electron chi connectivity index (χ3n) is 2.40. The Hall–Kier alpha value is -0.480. The lowest BCUT2D eigenvalue weighted by molar-refractivity contribution is 0.362. The van der Waals surface area contributed by atoms with E-state index in [1.165, 1.54) is 0 Å². The van der Waals surface area contributed by atoms with Gasteiger partial charge in [0.25, 0.3) is 0 Å². The van der Waals surface area contributed by atoms with Crippen molar-refractivity contribution < 1.29 is 0 Å². The lowest BCUT2D eigenvalue weighted by Gasteiger charge is -2.21. The average Bonchev–Trinajstić information content (AvgIpc) is 2.02. The number of nitrogens with one attached hydrogen (secondary N) is 1. The van der Waals surface area contributed by atoms with Crippen molar-refractivity contribution in [3.8, 4) is 11.8 Å². The molecule has 0 aromatic heterocycles. The first-order chi connectivity index (χ1) is 5.13. The Labute approximate surface area is 70.6 Å². The maximum absolute atomic E-state index is 3.24. The molecule has 0 amide bonds. The van der Waals surface area contributed by atoms with Crippen molar-refractivity contribution in [3.05, 3.63) is 0 Å². The SMILES string of the molecule is CC#CC(C)[C@@H](C)[C@H](C)NC. The molecule has 0 rings (SSSR count). The maximum Gasteiger partial charge on any atom is 0.0214 e. The zero-order chi connectivity index (χ0) is 8.85. The summed E-state index contributed by atoms with van der Waals surface area (Å²) in [6.07, 6.45) is 0. The molecule has 0 radical (unpaired) electrons. The minimum atomic E-state index is 0.488. The van der Waals surface area contributed by atoms with Crippen molar-refractivity contribution in [1.29, 1.82) is 0 Å². The number of hydrogen-bond acceptors (Lipinski definition) is 1. The highest BCUT2D eigenvalue weighted by atomic mass is 14.9. The summed E-state index contributed by atoms with van der Waals surface area (Å²) in [5.74, 6) is 7.23. The van der Waals surface area contributed by atoms with Crippen molar-refractivity contribution in [2.45, 2.75) is 33.7 Å². The van der Waals surface area contributed by atoms with E-state index in [1.54, 1.807) is 0 Å². The quantitative estimate of drug-likeness (QED) is 0.610. The molecule has 0 aromatic rings. The van der Waals surface area contributed by atoms with Crippen LogP contribution in [0.2, 0.25) is 0 Å². The minimum absolute atomic E-state index is 0.488. The molecule has 0 spiro atoms. The smallest absolute Gasteiger partial charge is 0.0214 e. The first-order valence-electron chi connectivity index (χ1n) is 4.23. The van der Waals surface area contributed by atoms with Gasteiger partial charge in [-0.1, -0.05) is 13.8 Å². The van der Waals surface area contributed by atoms with Crippen LogP contribution in [0, 0.1) is 23.7 Å². The zero-order valence-corrected chi connectivity index (χ0v) is 8.23. The topological polar surface area (TPSA) is 12.0 Å². The number of rotatable bonds is 3. The first-order valence-corrected chi connectivity index (χ1v) is 4.23. The van der Waals surface area contributed by atoms with Gasteiger partial charge < -0.3 is 5.32 Å². The third kappa shape index (κ3) is 3.43. The van der Waals surface area contributed by atoms with Crippen LogP contribution in [-0.4, -0.2) is 13.1 Å². The van der Waals surface area contributed by atoms with Gasteiger partial charge in [-0.25, -0.2) is 0 Å². The molecule has 1 heteroatoms. The van der Waals surface area contributed by atoms with E-state index in [0.717, 1.165) is 0 Å². The highest BCUT2D eigenvalue weighted by Gasteiger charge is 2.15. The Morgan fingerprint density at radius 1 is 1.18 bits per heavy atom. The summed E-state index contributed by atoms with van der Waals surface area (Å²) in [6.45, 7) is 8.50. The van der Waals surface area contributed by atoms with E-state index in [0.29, 0.717) is 17.9 Å². The third-order valence-corrected chi connectivity index (χ3v) is 2.40. The van der Waals surface area contributed by atoms with Crippen LogP contribution in [0.1, 0.15) is 27.7 Å². The van der Waals surface area contributed by atoms with E-state index in [2.05, 4.69) is 37.9 Å². The van der Waals surface area contributed by atoms with Gasteiger partial charge in [-0.15, -0.1) is 11.8 Å². The van der Waals surface area contributed by atoms with E-state index >= 15 is 0 Å². The van der Waals surface area contributed by atoms with Crippen molar-refractivity contribution >= 4 is 0 Å². The second-order valence-electron chi connectivity index (χ2n) is 3.12. The fourth-order valence-electron chi connectivity index (χ4n) is 1.06. The van der Waals surface area contributed by atoms with E-state index in [-0.39, 0.29) is 0 Å². The molecule has 0 aromatic carbocycles. The van der Waals surface area contributed by atoms with E-state index in [9.17, 15) is 0 Å². The van der Waals surface area contributed by atoms with Gasteiger partial charge in [-0.05, 0) is 26.8 Å². The monoisotopic (exact) mass is 153 g/mol. The Balaban J connectivity index is 3.97. The predicted molar refractivity (Wildman–Crippen MR) is 50.3 cm³/mol. The van der Waals surface area contributed by atoms with Crippen LogP contribution in [0.25, 0.3) is 0 Å². The molecule has 0 bridgehead atoms. The maximum atomic E-state index is 3.24. The largest absolute Gasteiger partial charge is 0.317 e. The number of hydrogen-bond donors (Lipinski definition) is 1. The summed E-state index contributed by atoms with van der Waals surface area (Å²) in [5.41, 5.74) is 0. The molecule has 1 nitrogen and oxygen atoms in total. The molecule has 1 unspecified atom stereocenters. The molecule has 64 valence electrons. The fourth-order valence-corrected chi connectivity index (χ4v) is 1.06. The second-order valence-corrected chi connectivity index (χ2v) is 3.12. The van der Waals surface area contributed by atoms with Crippen LogP contribution in [0.5, 0.6) is 0 Å². The lowest BCUT2D eigenvalue weighted by Crippen LogP contribution is -2.31. The Bertz CT molecular complexity index is 152. The van der Waals surface area contributed by atoms with Gasteiger partial charge in [0.15, 0.2) is 0 Å². The summed E-state index contributed by atoms with van der Waals surface area (Å²) in [6, 6.07) is 0.547. The fraction of sp³-hybridized carbons (Fsp3) is 0.800. The van der Waals surface area contributed by atoms with E-state index in [1.807, 2.05) is 14.0 Å². The molecule has 0 aliphatic rings. The van der Waals surface area contributed by atoms with Crippen LogP contribution in [-0.2, 0) is 0 Å². The summed E-state index contributed by atoms with van der Waals surface area (Å²) in [5, 5.41) is 3.24. The molecule has 0 heterocycles. The summed E-state index contributed by atoms with van der Waals surface area (Å²) < 4.78 is 0. The van der Waals surface area contributed by atoms with Crippen molar-refractivity contribution in [2.75, 3.05) is 7.05 Å². The van der Waals surface area contributed by atoms with Gasteiger partial charge in [-0.3, -0.25) is 0 Å². The van der Waals surface area contributed by atoms with Gasteiger partial charge in [0.2, 0.25) is 0 Å². The van der Waals surface area contributed by atoms with Crippen molar-refractivity contribution in [2.24, 2.45) is 11.8 Å². The zero-order valence-electron chi connectivity index (χ0n) is 8.23. The molecule has 3 atom stereocenters. The lowest BCUT2D eigenvalue weighted by atomic mass is 9.90. The van der Waals surface area contributed by atoms with Crippen molar-refractivity contribution in [3.63, 3.8) is 0 Å². The summed E-state index contributed by atoms with van der Waals surface area (Å²) >= 11 is 0. The standard InChI is InChI=1S/C10H19N/c1-6-7-8(2)9(3)10(4)11-5/h8-11H,1-5H3/t8?,9-,10+/m1/s1. The average molecular weight is 153 g/mol. The van der Waals surface area contributed by atoms with Crippen LogP contribution in [0.15, 0.2) is 0 Å². The first kappa shape index (κ1) is 10.5. The van der Waals surface area contributed by atoms with Crippen LogP contribution in [0.4, 0.5) is 0 Å². The Kier molecular flexibility index (Phi) is 4.98. The molecule has 0 aliphatic heterocycles.